The first kappa shape index (κ1) is 25.8. The van der Waals surface area contributed by atoms with Crippen molar-refractivity contribution in [3.63, 3.8) is 0 Å². The first-order chi connectivity index (χ1) is 22.1. The zero-order chi connectivity index (χ0) is 30.2. The average Bonchev–Trinajstić information content (AvgIpc) is 3.66. The van der Waals surface area contributed by atoms with Gasteiger partial charge in [-0.3, -0.25) is 14.2 Å². The number of carbonyl (C=O) groups excluding carboxylic acids is 1. The molecule has 0 spiro atoms. The Morgan fingerprint density at radius 2 is 1.36 bits per heavy atom. The van der Waals surface area contributed by atoms with E-state index >= 15 is 0 Å². The lowest BCUT2D eigenvalue weighted by Gasteiger charge is -2.46. The lowest BCUT2D eigenvalue weighted by atomic mass is 9.96. The second-order valence-corrected chi connectivity index (χ2v) is 12.0. The van der Waals surface area contributed by atoms with Crippen LogP contribution < -0.4 is 10.5 Å². The maximum atomic E-state index is 12.9. The summed E-state index contributed by atoms with van der Waals surface area (Å²) in [7, 11) is 2.07. The van der Waals surface area contributed by atoms with Gasteiger partial charge in [-0.15, -0.1) is 0 Å². The first-order valence-corrected chi connectivity index (χ1v) is 15.4. The number of nitrogens with zero attached hydrogens (tertiary/aromatic N) is 4. The highest BCUT2D eigenvalue weighted by Gasteiger charge is 2.41. The van der Waals surface area contributed by atoms with Crippen molar-refractivity contribution in [2.75, 3.05) is 18.5 Å². The molecule has 3 aliphatic heterocycles. The van der Waals surface area contributed by atoms with Crippen LogP contribution in [0.4, 0.5) is 5.69 Å². The molecule has 45 heavy (non-hydrogen) atoms. The van der Waals surface area contributed by atoms with E-state index in [0.717, 1.165) is 64.4 Å². The minimum atomic E-state index is -0.0476. The molecule has 8 nitrogen and oxygen atoms in total. The molecule has 1 amide bonds. The molecule has 1 atom stereocenters. The largest absolute Gasteiger partial charge is 0.355 e. The van der Waals surface area contributed by atoms with Crippen LogP contribution in [0.3, 0.4) is 0 Å². The number of nitrogens with one attached hydrogen (secondary N) is 2. The molecule has 8 heteroatoms. The number of carbonyl (C=O) groups is 1. The minimum absolute atomic E-state index is 0.0462. The number of rotatable bonds is 0. The average molecular weight is 591 g/mol. The summed E-state index contributed by atoms with van der Waals surface area (Å²) in [5.74, 6) is 0.883. The van der Waals surface area contributed by atoms with E-state index in [4.69, 9.17) is 4.98 Å². The number of aromatic nitrogens is 4. The number of aromatic amines is 2. The molecule has 0 radical (unpaired) electrons. The number of para-hydroxylation sites is 4. The number of amides is 1. The quantitative estimate of drug-likeness (QED) is 0.214. The molecular weight excluding hydrogens is 560 g/mol. The van der Waals surface area contributed by atoms with Crippen molar-refractivity contribution in [2.24, 2.45) is 0 Å². The van der Waals surface area contributed by atoms with E-state index in [2.05, 4.69) is 52.2 Å². The molecule has 3 aliphatic rings. The van der Waals surface area contributed by atoms with E-state index in [0.29, 0.717) is 11.9 Å². The minimum Gasteiger partial charge on any atom is -0.355 e. The molecule has 220 valence electrons. The Morgan fingerprint density at radius 3 is 2.18 bits per heavy atom. The number of hydrogen-bond acceptors (Lipinski definition) is 4. The fourth-order valence-corrected chi connectivity index (χ4v) is 7.53. The maximum absolute atomic E-state index is 12.9. The van der Waals surface area contributed by atoms with Crippen LogP contribution in [0, 0.1) is 0 Å². The summed E-state index contributed by atoms with van der Waals surface area (Å²) in [6.45, 7) is 1.44. The highest BCUT2D eigenvalue weighted by molar-refractivity contribution is 6.02. The molecule has 10 rings (SSSR count). The lowest BCUT2D eigenvalue weighted by Crippen LogP contribution is -2.51. The van der Waals surface area contributed by atoms with Crippen LogP contribution in [0.25, 0.3) is 44.2 Å². The first-order valence-electron chi connectivity index (χ1n) is 15.4. The Balaban J connectivity index is 0.000000125. The van der Waals surface area contributed by atoms with Crippen LogP contribution in [-0.4, -0.2) is 43.9 Å². The Kier molecular flexibility index (Phi) is 5.56. The Labute approximate surface area is 258 Å². The van der Waals surface area contributed by atoms with E-state index in [9.17, 15) is 9.59 Å². The smallest absolute Gasteiger partial charge is 0.261 e. The fraction of sp³-hybridized carbons (Fsp3) is 0.162. The number of aryl methyl sites for hydroxylation is 1. The summed E-state index contributed by atoms with van der Waals surface area (Å²) >= 11 is 0. The van der Waals surface area contributed by atoms with Gasteiger partial charge in [-0.05, 0) is 60.4 Å². The van der Waals surface area contributed by atoms with Crippen molar-refractivity contribution in [1.29, 1.82) is 0 Å². The van der Waals surface area contributed by atoms with Crippen molar-refractivity contribution in [3.8, 4) is 11.5 Å². The van der Waals surface area contributed by atoms with Crippen molar-refractivity contribution in [2.45, 2.75) is 25.6 Å². The molecule has 1 unspecified atom stereocenters. The molecule has 6 heterocycles. The summed E-state index contributed by atoms with van der Waals surface area (Å²) in [6.07, 6.45) is 1.71. The molecule has 0 fully saturated rings. The van der Waals surface area contributed by atoms with Crippen LogP contribution in [0.5, 0.6) is 0 Å². The van der Waals surface area contributed by atoms with E-state index < -0.39 is 0 Å². The van der Waals surface area contributed by atoms with Gasteiger partial charge in [-0.1, -0.05) is 60.7 Å². The number of hydrogen-bond donors (Lipinski definition) is 2. The SMILES string of the molecule is CN1c2ccccc2C(=O)N2CCc3c([nH]c4ccccc34)C21.O=c1c2ccccc2nc2n1CCc1c-2[nH]c2ccccc12. The zero-order valence-electron chi connectivity index (χ0n) is 24.7. The molecule has 7 aromatic rings. The van der Waals surface area contributed by atoms with Gasteiger partial charge in [-0.2, -0.15) is 0 Å². The number of benzene rings is 4. The molecule has 3 aromatic heterocycles. The van der Waals surface area contributed by atoms with Gasteiger partial charge in [0.05, 0.1) is 33.5 Å². The standard InChI is InChI=1S/C19H17N3O.C18H13N3O/c1-21-16-9-5-3-7-14(16)19(23)22-11-10-13-12-6-2-4-8-15(12)20-17(13)18(21)22;22-18-13-6-2-4-8-15(13)20-17-16-12(9-10-21(17)18)11-5-1-3-7-14(11)19-16/h2-9,18,20H,10-11H2,1H3;1-8,19H,9-10H2. The van der Waals surface area contributed by atoms with E-state index in [1.54, 1.807) is 4.57 Å². The predicted molar refractivity (Wildman–Crippen MR) is 178 cm³/mol. The third-order valence-corrected chi connectivity index (χ3v) is 9.63. The van der Waals surface area contributed by atoms with E-state index in [1.165, 1.54) is 21.9 Å². The highest BCUT2D eigenvalue weighted by Crippen LogP contribution is 2.42. The lowest BCUT2D eigenvalue weighted by molar-refractivity contribution is 0.0634. The normalized spacial score (nSPS) is 16.5. The number of H-pyrrole nitrogens is 2. The van der Waals surface area contributed by atoms with Gasteiger partial charge in [0.15, 0.2) is 5.82 Å². The number of anilines is 1. The second kappa shape index (κ2) is 9.69. The van der Waals surface area contributed by atoms with Crippen molar-refractivity contribution in [1.82, 2.24) is 24.4 Å². The van der Waals surface area contributed by atoms with E-state index in [-0.39, 0.29) is 17.6 Å². The van der Waals surface area contributed by atoms with Gasteiger partial charge in [0.25, 0.3) is 11.5 Å². The zero-order valence-corrected chi connectivity index (χ0v) is 24.7. The monoisotopic (exact) mass is 590 g/mol. The van der Waals surface area contributed by atoms with Gasteiger partial charge < -0.3 is 19.8 Å². The highest BCUT2D eigenvalue weighted by atomic mass is 16.2. The van der Waals surface area contributed by atoms with Gasteiger partial charge >= 0.3 is 0 Å². The summed E-state index contributed by atoms with van der Waals surface area (Å²) in [5.41, 5.74) is 9.60. The fourth-order valence-electron chi connectivity index (χ4n) is 7.53. The summed E-state index contributed by atoms with van der Waals surface area (Å²) < 4.78 is 1.79. The summed E-state index contributed by atoms with van der Waals surface area (Å²) in [6, 6.07) is 32.1. The third-order valence-electron chi connectivity index (χ3n) is 9.63. The second-order valence-electron chi connectivity index (χ2n) is 12.0. The summed E-state index contributed by atoms with van der Waals surface area (Å²) in [5, 5.41) is 3.19. The van der Waals surface area contributed by atoms with Crippen molar-refractivity contribution < 1.29 is 4.79 Å². The molecule has 0 aliphatic carbocycles. The van der Waals surface area contributed by atoms with Crippen molar-refractivity contribution in [3.05, 3.63) is 130 Å². The predicted octanol–water partition coefficient (Wildman–Crippen LogP) is 6.42. The number of fused-ring (bicyclic) bond motifs is 12. The van der Waals surface area contributed by atoms with E-state index in [1.807, 2.05) is 71.6 Å². The third kappa shape index (κ3) is 3.75. The Bertz CT molecular complexity index is 2380. The Morgan fingerprint density at radius 1 is 0.711 bits per heavy atom. The van der Waals surface area contributed by atoms with Crippen LogP contribution in [-0.2, 0) is 19.4 Å². The molecule has 0 bridgehead atoms. The van der Waals surface area contributed by atoms with Crippen LogP contribution >= 0.6 is 0 Å². The molecule has 0 saturated heterocycles. The Hall–Kier alpha value is -5.63. The molecular formula is C37H30N6O2. The molecule has 2 N–H and O–H groups in total. The molecule has 0 saturated carbocycles. The summed E-state index contributed by atoms with van der Waals surface area (Å²) in [4.78, 5) is 41.6. The van der Waals surface area contributed by atoms with Gasteiger partial charge in [-0.25, -0.2) is 4.98 Å². The van der Waals surface area contributed by atoms with Crippen molar-refractivity contribution >= 4 is 44.3 Å². The van der Waals surface area contributed by atoms with Crippen LogP contribution in [0.2, 0.25) is 0 Å². The van der Waals surface area contributed by atoms with Gasteiger partial charge in [0.1, 0.15) is 6.17 Å². The molecule has 4 aromatic carbocycles. The van der Waals surface area contributed by atoms with Gasteiger partial charge in [0, 0.05) is 41.9 Å². The maximum Gasteiger partial charge on any atom is 0.261 e. The van der Waals surface area contributed by atoms with Gasteiger partial charge in [0.2, 0.25) is 0 Å². The topological polar surface area (TPSA) is 90.0 Å². The van der Waals surface area contributed by atoms with Crippen LogP contribution in [0.15, 0.2) is 102 Å². The van der Waals surface area contributed by atoms with Crippen LogP contribution in [0.1, 0.15) is 33.3 Å².